The van der Waals surface area contributed by atoms with E-state index in [1.54, 1.807) is 17.0 Å². The topological polar surface area (TPSA) is 32.8 Å². The van der Waals surface area contributed by atoms with E-state index >= 15 is 0 Å². The first kappa shape index (κ1) is 16.9. The number of rotatable bonds is 1. The van der Waals surface area contributed by atoms with Crippen LogP contribution in [0, 0.1) is 5.82 Å². The number of carbonyl (C=O) groups is 1. The van der Waals surface area contributed by atoms with E-state index in [4.69, 9.17) is 16.3 Å². The van der Waals surface area contributed by atoms with E-state index in [-0.39, 0.29) is 11.1 Å². The number of hydrogen-bond donors (Lipinski definition) is 0. The predicted molar refractivity (Wildman–Crippen MR) is 86.0 cm³/mol. The van der Waals surface area contributed by atoms with Gasteiger partial charge in [-0.05, 0) is 45.4 Å². The number of amides is 1. The number of nitrogens with zero attached hydrogens (tertiary/aromatic N) is 2. The van der Waals surface area contributed by atoms with Gasteiger partial charge >= 0.3 is 6.09 Å². The van der Waals surface area contributed by atoms with Crippen LogP contribution < -0.4 is 4.90 Å². The molecule has 1 aliphatic heterocycles. The zero-order chi connectivity index (χ0) is 16.3. The molecule has 0 bridgehead atoms. The van der Waals surface area contributed by atoms with Crippen molar-refractivity contribution in [2.75, 3.05) is 31.1 Å². The highest BCUT2D eigenvalue weighted by Gasteiger charge is 2.24. The van der Waals surface area contributed by atoms with Gasteiger partial charge in [0.15, 0.2) is 0 Å². The average molecular weight is 329 g/mol. The predicted octanol–water partition coefficient (Wildman–Crippen LogP) is 3.93. The Labute approximate surface area is 135 Å². The van der Waals surface area contributed by atoms with Gasteiger partial charge in [0.2, 0.25) is 0 Å². The maximum Gasteiger partial charge on any atom is 0.410 e. The van der Waals surface area contributed by atoms with Gasteiger partial charge in [0.05, 0.1) is 5.02 Å². The number of benzene rings is 1. The molecule has 0 saturated carbocycles. The highest BCUT2D eigenvalue weighted by atomic mass is 35.5. The zero-order valence-electron chi connectivity index (χ0n) is 13.2. The van der Waals surface area contributed by atoms with Crippen molar-refractivity contribution in [1.29, 1.82) is 0 Å². The van der Waals surface area contributed by atoms with Crippen LogP contribution in [-0.4, -0.2) is 42.8 Å². The Bertz CT molecular complexity index is 545. The summed E-state index contributed by atoms with van der Waals surface area (Å²) in [5.41, 5.74) is 0.287. The van der Waals surface area contributed by atoms with Crippen LogP contribution in [0.4, 0.5) is 14.9 Å². The lowest BCUT2D eigenvalue weighted by atomic mass is 10.2. The fraction of sp³-hybridized carbons (Fsp3) is 0.562. The highest BCUT2D eigenvalue weighted by Crippen LogP contribution is 2.23. The SMILES string of the molecule is CC(C)(C)OC(=O)N1CCCN(c2ccc(Cl)c(F)c2)CC1. The molecule has 1 heterocycles. The molecule has 0 aromatic heterocycles. The molecule has 1 amide bonds. The molecule has 0 N–H and O–H groups in total. The second-order valence-electron chi connectivity index (χ2n) is 6.41. The second-order valence-corrected chi connectivity index (χ2v) is 6.81. The van der Waals surface area contributed by atoms with Crippen molar-refractivity contribution in [2.24, 2.45) is 0 Å². The summed E-state index contributed by atoms with van der Waals surface area (Å²) in [6.07, 6.45) is 0.514. The summed E-state index contributed by atoms with van der Waals surface area (Å²) in [5, 5.41) is 0.119. The van der Waals surface area contributed by atoms with Gasteiger partial charge in [0.1, 0.15) is 11.4 Å². The van der Waals surface area contributed by atoms with Gasteiger partial charge < -0.3 is 14.5 Å². The lowest BCUT2D eigenvalue weighted by Gasteiger charge is -2.27. The van der Waals surface area contributed by atoms with Crippen LogP contribution in [0.25, 0.3) is 0 Å². The Balaban J connectivity index is 2.00. The van der Waals surface area contributed by atoms with Crippen LogP contribution >= 0.6 is 11.6 Å². The fourth-order valence-electron chi connectivity index (χ4n) is 2.37. The van der Waals surface area contributed by atoms with Gasteiger partial charge in [-0.3, -0.25) is 0 Å². The number of ether oxygens (including phenoxy) is 1. The van der Waals surface area contributed by atoms with Crippen LogP contribution in [0.2, 0.25) is 5.02 Å². The Morgan fingerprint density at radius 1 is 1.23 bits per heavy atom. The van der Waals surface area contributed by atoms with Gasteiger partial charge in [0, 0.05) is 31.9 Å². The standard InChI is InChI=1S/C16H22ClFN2O2/c1-16(2,3)22-15(21)20-8-4-7-19(9-10-20)12-5-6-13(17)14(18)11-12/h5-6,11H,4,7-10H2,1-3H3. The molecule has 1 fully saturated rings. The van der Waals surface area contributed by atoms with Crippen LogP contribution in [0.3, 0.4) is 0 Å². The normalized spacial score (nSPS) is 16.4. The molecule has 4 nitrogen and oxygen atoms in total. The molecule has 0 unspecified atom stereocenters. The molecule has 0 spiro atoms. The van der Waals surface area contributed by atoms with Crippen molar-refractivity contribution in [3.8, 4) is 0 Å². The summed E-state index contributed by atoms with van der Waals surface area (Å²) in [6, 6.07) is 4.79. The van der Waals surface area contributed by atoms with Crippen molar-refractivity contribution >= 4 is 23.4 Å². The minimum absolute atomic E-state index is 0.119. The maximum atomic E-state index is 13.6. The molecule has 0 atom stereocenters. The van der Waals surface area contributed by atoms with E-state index in [2.05, 4.69) is 4.90 Å². The highest BCUT2D eigenvalue weighted by molar-refractivity contribution is 6.30. The summed E-state index contributed by atoms with van der Waals surface area (Å²) in [5.74, 6) is -0.424. The Morgan fingerprint density at radius 2 is 1.95 bits per heavy atom. The van der Waals surface area contributed by atoms with E-state index in [0.717, 1.165) is 18.7 Å². The van der Waals surface area contributed by atoms with Crippen molar-refractivity contribution in [2.45, 2.75) is 32.8 Å². The largest absolute Gasteiger partial charge is 0.444 e. The molecular formula is C16H22ClFN2O2. The first-order valence-corrected chi connectivity index (χ1v) is 7.82. The van der Waals surface area contributed by atoms with Crippen LogP contribution in [0.15, 0.2) is 18.2 Å². The Kier molecular flexibility index (Phi) is 5.16. The number of hydrogen-bond acceptors (Lipinski definition) is 3. The van der Waals surface area contributed by atoms with Crippen molar-refractivity contribution in [3.05, 3.63) is 29.0 Å². The molecule has 22 heavy (non-hydrogen) atoms. The molecule has 6 heteroatoms. The van der Waals surface area contributed by atoms with Crippen molar-refractivity contribution in [1.82, 2.24) is 4.90 Å². The Hall–Kier alpha value is -1.49. The van der Waals surface area contributed by atoms with Crippen molar-refractivity contribution < 1.29 is 13.9 Å². The van der Waals surface area contributed by atoms with Gasteiger partial charge in [-0.25, -0.2) is 9.18 Å². The summed E-state index contributed by atoms with van der Waals surface area (Å²) < 4.78 is 19.0. The van der Waals surface area contributed by atoms with E-state index in [0.29, 0.717) is 19.6 Å². The van der Waals surface area contributed by atoms with Gasteiger partial charge in [-0.15, -0.1) is 0 Å². The Morgan fingerprint density at radius 3 is 2.59 bits per heavy atom. The van der Waals surface area contributed by atoms with Gasteiger partial charge in [-0.2, -0.15) is 0 Å². The second kappa shape index (κ2) is 6.73. The third-order valence-electron chi connectivity index (χ3n) is 3.42. The molecule has 2 rings (SSSR count). The monoisotopic (exact) mass is 328 g/mol. The molecular weight excluding hydrogens is 307 g/mol. The van der Waals surface area contributed by atoms with Crippen LogP contribution in [-0.2, 0) is 4.74 Å². The smallest absolute Gasteiger partial charge is 0.410 e. The summed E-state index contributed by atoms with van der Waals surface area (Å²) in [4.78, 5) is 15.9. The van der Waals surface area contributed by atoms with Gasteiger partial charge in [-0.1, -0.05) is 11.6 Å². The number of carbonyl (C=O) groups excluding carboxylic acids is 1. The van der Waals surface area contributed by atoms with E-state index in [9.17, 15) is 9.18 Å². The van der Waals surface area contributed by atoms with Crippen LogP contribution in [0.1, 0.15) is 27.2 Å². The molecule has 1 saturated heterocycles. The molecule has 0 radical (unpaired) electrons. The molecule has 1 aromatic rings. The lowest BCUT2D eigenvalue weighted by Crippen LogP contribution is -2.39. The minimum Gasteiger partial charge on any atom is -0.444 e. The summed E-state index contributed by atoms with van der Waals surface area (Å²) >= 11 is 5.72. The third-order valence-corrected chi connectivity index (χ3v) is 3.72. The van der Waals surface area contributed by atoms with E-state index in [1.165, 1.54) is 6.07 Å². The van der Waals surface area contributed by atoms with Crippen LogP contribution in [0.5, 0.6) is 0 Å². The number of halogens is 2. The number of anilines is 1. The molecule has 0 aliphatic carbocycles. The van der Waals surface area contributed by atoms with Crippen molar-refractivity contribution in [3.63, 3.8) is 0 Å². The summed E-state index contributed by atoms with van der Waals surface area (Å²) in [7, 11) is 0. The van der Waals surface area contributed by atoms with E-state index in [1.807, 2.05) is 20.8 Å². The summed E-state index contributed by atoms with van der Waals surface area (Å²) in [6.45, 7) is 8.16. The quantitative estimate of drug-likeness (QED) is 0.783. The van der Waals surface area contributed by atoms with E-state index < -0.39 is 11.4 Å². The lowest BCUT2D eigenvalue weighted by molar-refractivity contribution is 0.0263. The molecule has 1 aliphatic rings. The maximum absolute atomic E-state index is 13.6. The molecule has 122 valence electrons. The third kappa shape index (κ3) is 4.50. The zero-order valence-corrected chi connectivity index (χ0v) is 14.0. The minimum atomic E-state index is -0.498. The average Bonchev–Trinajstić information content (AvgIpc) is 2.66. The first-order chi connectivity index (χ1) is 10.3. The molecule has 1 aromatic carbocycles. The first-order valence-electron chi connectivity index (χ1n) is 7.44. The fourth-order valence-corrected chi connectivity index (χ4v) is 2.48. The van der Waals surface area contributed by atoms with Gasteiger partial charge in [0.25, 0.3) is 0 Å².